The van der Waals surface area contributed by atoms with E-state index in [-0.39, 0.29) is 5.91 Å². The number of hydrogen-bond donors (Lipinski definition) is 1. The number of aryl methyl sites for hydroxylation is 1. The Morgan fingerprint density at radius 2 is 1.69 bits per heavy atom. The van der Waals surface area contributed by atoms with Gasteiger partial charge in [0.2, 0.25) is 0 Å². The van der Waals surface area contributed by atoms with Gasteiger partial charge in [-0.1, -0.05) is 36.2 Å². The van der Waals surface area contributed by atoms with E-state index in [0.29, 0.717) is 18.7 Å². The lowest BCUT2D eigenvalue weighted by Gasteiger charge is -2.26. The zero-order chi connectivity index (χ0) is 18.2. The molecule has 0 atom stereocenters. The fourth-order valence-corrected chi connectivity index (χ4v) is 3.21. The van der Waals surface area contributed by atoms with Gasteiger partial charge < -0.3 is 10.1 Å². The predicted octanol–water partition coefficient (Wildman–Crippen LogP) is 3.79. The highest BCUT2D eigenvalue weighted by molar-refractivity contribution is 5.94. The highest BCUT2D eigenvalue weighted by Crippen LogP contribution is 2.14. The second-order valence-corrected chi connectivity index (χ2v) is 6.95. The Balaban J connectivity index is 1.40. The normalized spacial score (nSPS) is 14.8. The lowest BCUT2D eigenvalue weighted by atomic mass is 10.1. The molecule has 138 valence electrons. The first-order valence-corrected chi connectivity index (χ1v) is 9.50. The molecule has 1 N–H and O–H groups in total. The van der Waals surface area contributed by atoms with Crippen LogP contribution in [0.2, 0.25) is 0 Å². The molecule has 3 rings (SSSR count). The van der Waals surface area contributed by atoms with Crippen LogP contribution in [-0.2, 0) is 6.54 Å². The van der Waals surface area contributed by atoms with Crippen LogP contribution in [0.15, 0.2) is 48.5 Å². The summed E-state index contributed by atoms with van der Waals surface area (Å²) in [5, 5.41) is 2.91. The number of rotatable bonds is 7. The van der Waals surface area contributed by atoms with Crippen LogP contribution in [0.25, 0.3) is 0 Å². The molecule has 4 nitrogen and oxygen atoms in total. The minimum absolute atomic E-state index is 0.0537. The van der Waals surface area contributed by atoms with Gasteiger partial charge in [0.15, 0.2) is 0 Å². The summed E-state index contributed by atoms with van der Waals surface area (Å²) in [6.45, 7) is 6.34. The smallest absolute Gasteiger partial charge is 0.251 e. The Morgan fingerprint density at radius 3 is 2.38 bits per heavy atom. The molecule has 0 aliphatic carbocycles. The number of benzene rings is 2. The quantitative estimate of drug-likeness (QED) is 0.771. The van der Waals surface area contributed by atoms with E-state index in [1.54, 1.807) is 0 Å². The molecule has 4 heteroatoms. The summed E-state index contributed by atoms with van der Waals surface area (Å²) < 4.78 is 5.63. The van der Waals surface area contributed by atoms with Crippen molar-refractivity contribution in [1.82, 2.24) is 10.2 Å². The summed E-state index contributed by atoms with van der Waals surface area (Å²) >= 11 is 0. The Hall–Kier alpha value is -2.33. The Kier molecular flexibility index (Phi) is 6.67. The maximum atomic E-state index is 12.2. The number of amides is 1. The van der Waals surface area contributed by atoms with E-state index >= 15 is 0 Å². The zero-order valence-corrected chi connectivity index (χ0v) is 15.5. The summed E-state index contributed by atoms with van der Waals surface area (Å²) in [6.07, 6.45) is 3.94. The fraction of sp³-hybridized carbons (Fsp3) is 0.409. The topological polar surface area (TPSA) is 41.6 Å². The van der Waals surface area contributed by atoms with Crippen molar-refractivity contribution in [2.45, 2.75) is 32.7 Å². The van der Waals surface area contributed by atoms with Crippen LogP contribution in [0, 0.1) is 6.92 Å². The van der Waals surface area contributed by atoms with E-state index in [4.69, 9.17) is 4.74 Å². The van der Waals surface area contributed by atoms with E-state index in [9.17, 15) is 4.79 Å². The van der Waals surface area contributed by atoms with Crippen LogP contribution in [-0.4, -0.2) is 37.0 Å². The first-order chi connectivity index (χ1) is 12.7. The van der Waals surface area contributed by atoms with Crippen molar-refractivity contribution < 1.29 is 9.53 Å². The third kappa shape index (κ3) is 5.60. The first kappa shape index (κ1) is 18.5. The summed E-state index contributed by atoms with van der Waals surface area (Å²) in [5.41, 5.74) is 3.17. The van der Waals surface area contributed by atoms with E-state index < -0.39 is 0 Å². The highest BCUT2D eigenvalue weighted by atomic mass is 16.5. The van der Waals surface area contributed by atoms with Gasteiger partial charge in [0.1, 0.15) is 12.4 Å². The van der Waals surface area contributed by atoms with Gasteiger partial charge in [0, 0.05) is 12.1 Å². The van der Waals surface area contributed by atoms with Crippen LogP contribution in [0.4, 0.5) is 0 Å². The average molecular weight is 352 g/mol. The fourth-order valence-electron chi connectivity index (χ4n) is 3.21. The molecule has 1 saturated heterocycles. The van der Waals surface area contributed by atoms with Crippen molar-refractivity contribution in [1.29, 1.82) is 0 Å². The molecular weight excluding hydrogens is 324 g/mol. The van der Waals surface area contributed by atoms with Gasteiger partial charge in [0.25, 0.3) is 5.91 Å². The maximum Gasteiger partial charge on any atom is 0.251 e. The maximum absolute atomic E-state index is 12.2. The summed E-state index contributed by atoms with van der Waals surface area (Å²) in [4.78, 5) is 14.7. The predicted molar refractivity (Wildman–Crippen MR) is 105 cm³/mol. The van der Waals surface area contributed by atoms with Gasteiger partial charge in [-0.25, -0.2) is 0 Å². The number of likely N-dealkylation sites (tertiary alicyclic amines) is 1. The molecule has 1 aliphatic rings. The molecule has 1 heterocycles. The standard InChI is InChI=1S/C22H28N2O2/c1-18-5-11-21(12-6-18)26-16-13-23-22(25)20-9-7-19(8-10-20)17-24-14-3-2-4-15-24/h5-12H,2-4,13-17H2,1H3,(H,23,25). The molecule has 26 heavy (non-hydrogen) atoms. The number of carbonyl (C=O) groups excluding carboxylic acids is 1. The number of nitrogens with zero attached hydrogens (tertiary/aromatic N) is 1. The molecule has 0 bridgehead atoms. The van der Waals surface area contributed by atoms with E-state index in [2.05, 4.69) is 22.3 Å². The number of hydrogen-bond acceptors (Lipinski definition) is 3. The number of ether oxygens (including phenoxy) is 1. The molecule has 1 aliphatic heterocycles. The van der Waals surface area contributed by atoms with Crippen LogP contribution in [0.5, 0.6) is 5.75 Å². The molecular formula is C22H28N2O2. The Labute approximate surface area is 156 Å². The van der Waals surface area contributed by atoms with Crippen molar-refractivity contribution >= 4 is 5.91 Å². The lowest BCUT2D eigenvalue weighted by molar-refractivity contribution is 0.0947. The molecule has 1 fully saturated rings. The van der Waals surface area contributed by atoms with Gasteiger partial charge >= 0.3 is 0 Å². The van der Waals surface area contributed by atoms with E-state index in [1.165, 1.54) is 43.5 Å². The van der Waals surface area contributed by atoms with Crippen molar-refractivity contribution in [2.24, 2.45) is 0 Å². The minimum Gasteiger partial charge on any atom is -0.492 e. The van der Waals surface area contributed by atoms with Crippen LogP contribution in [0.3, 0.4) is 0 Å². The van der Waals surface area contributed by atoms with Crippen molar-refractivity contribution in [3.05, 3.63) is 65.2 Å². The third-order valence-electron chi connectivity index (χ3n) is 4.75. The third-order valence-corrected chi connectivity index (χ3v) is 4.75. The molecule has 1 amide bonds. The van der Waals surface area contributed by atoms with Gasteiger partial charge in [-0.3, -0.25) is 9.69 Å². The summed E-state index contributed by atoms with van der Waals surface area (Å²) in [6, 6.07) is 15.9. The monoisotopic (exact) mass is 352 g/mol. The van der Waals surface area contributed by atoms with E-state index in [1.807, 2.05) is 43.3 Å². The second-order valence-electron chi connectivity index (χ2n) is 6.95. The first-order valence-electron chi connectivity index (χ1n) is 9.50. The van der Waals surface area contributed by atoms with Crippen LogP contribution >= 0.6 is 0 Å². The van der Waals surface area contributed by atoms with Gasteiger partial charge in [0.05, 0.1) is 6.54 Å². The molecule has 2 aromatic rings. The molecule has 0 spiro atoms. The molecule has 0 saturated carbocycles. The number of carbonyl (C=O) groups is 1. The van der Waals surface area contributed by atoms with Gasteiger partial charge in [-0.05, 0) is 62.7 Å². The molecule has 0 unspecified atom stereocenters. The number of piperidine rings is 1. The minimum atomic E-state index is -0.0537. The van der Waals surface area contributed by atoms with Crippen LogP contribution in [0.1, 0.15) is 40.7 Å². The van der Waals surface area contributed by atoms with Crippen molar-refractivity contribution in [3.8, 4) is 5.75 Å². The van der Waals surface area contributed by atoms with E-state index in [0.717, 1.165) is 12.3 Å². The second kappa shape index (κ2) is 9.39. The number of nitrogens with one attached hydrogen (secondary N) is 1. The summed E-state index contributed by atoms with van der Waals surface area (Å²) in [5.74, 6) is 0.772. The SMILES string of the molecule is Cc1ccc(OCCNC(=O)c2ccc(CN3CCCCC3)cc2)cc1. The summed E-state index contributed by atoms with van der Waals surface area (Å²) in [7, 11) is 0. The Morgan fingerprint density at radius 1 is 1.00 bits per heavy atom. The highest BCUT2D eigenvalue weighted by Gasteiger charge is 2.11. The van der Waals surface area contributed by atoms with Gasteiger partial charge in [-0.2, -0.15) is 0 Å². The van der Waals surface area contributed by atoms with Crippen molar-refractivity contribution in [3.63, 3.8) is 0 Å². The largest absolute Gasteiger partial charge is 0.492 e. The van der Waals surface area contributed by atoms with Crippen LogP contribution < -0.4 is 10.1 Å². The average Bonchev–Trinajstić information content (AvgIpc) is 2.68. The lowest BCUT2D eigenvalue weighted by Crippen LogP contribution is -2.29. The Bertz CT molecular complexity index is 689. The van der Waals surface area contributed by atoms with Gasteiger partial charge in [-0.15, -0.1) is 0 Å². The molecule has 0 radical (unpaired) electrons. The molecule has 2 aromatic carbocycles. The van der Waals surface area contributed by atoms with Crippen molar-refractivity contribution in [2.75, 3.05) is 26.2 Å². The molecule has 0 aromatic heterocycles. The zero-order valence-electron chi connectivity index (χ0n) is 15.5.